The van der Waals surface area contributed by atoms with Crippen LogP contribution in [0.5, 0.6) is 5.75 Å². The van der Waals surface area contributed by atoms with Gasteiger partial charge in [-0.05, 0) is 23.3 Å². The van der Waals surface area contributed by atoms with Crippen LogP contribution < -0.4 is 9.64 Å². The van der Waals surface area contributed by atoms with E-state index in [0.717, 1.165) is 15.7 Å². The fraction of sp³-hybridized carbons (Fsp3) is 0.364. The number of rotatable bonds is 8. The lowest BCUT2D eigenvalue weighted by Gasteiger charge is -2.28. The Bertz CT molecular complexity index is 1010. The number of hydrogen-bond acceptors (Lipinski definition) is 6. The Morgan fingerprint density at radius 3 is 2.47 bits per heavy atom. The first kappa shape index (κ1) is 22.5. The lowest BCUT2D eigenvalue weighted by molar-refractivity contribution is -0.141. The summed E-state index contributed by atoms with van der Waals surface area (Å²) in [5.41, 5.74) is 1.98. The molecule has 1 aliphatic rings. The molecular formula is C22H23F3N4O2S. The summed E-state index contributed by atoms with van der Waals surface area (Å²) in [6.45, 7) is 1.20. The van der Waals surface area contributed by atoms with Crippen molar-refractivity contribution in [2.45, 2.75) is 30.2 Å². The Balaban J connectivity index is 1.44. The Morgan fingerprint density at radius 1 is 0.969 bits per heavy atom. The van der Waals surface area contributed by atoms with E-state index in [9.17, 15) is 13.2 Å². The molecular weight excluding hydrogens is 441 g/mol. The minimum absolute atomic E-state index is 0.230. The minimum atomic E-state index is -4.37. The maximum absolute atomic E-state index is 13.2. The number of thioether (sulfide) groups is 1. The van der Waals surface area contributed by atoms with E-state index < -0.39 is 12.7 Å². The maximum Gasteiger partial charge on any atom is 0.406 e. The molecule has 0 spiro atoms. The van der Waals surface area contributed by atoms with Crippen LogP contribution >= 0.6 is 11.8 Å². The van der Waals surface area contributed by atoms with E-state index in [1.165, 1.54) is 11.8 Å². The second kappa shape index (κ2) is 10.3. The van der Waals surface area contributed by atoms with Crippen LogP contribution in [-0.4, -0.2) is 47.2 Å². The Kier molecular flexibility index (Phi) is 7.21. The van der Waals surface area contributed by atoms with Gasteiger partial charge in [-0.3, -0.25) is 4.57 Å². The summed E-state index contributed by atoms with van der Waals surface area (Å²) < 4.78 is 52.0. The number of morpholine rings is 1. The highest BCUT2D eigenvalue weighted by molar-refractivity contribution is 7.98. The fourth-order valence-corrected chi connectivity index (χ4v) is 4.19. The van der Waals surface area contributed by atoms with Gasteiger partial charge in [0, 0.05) is 18.8 Å². The molecule has 32 heavy (non-hydrogen) atoms. The van der Waals surface area contributed by atoms with Gasteiger partial charge in [-0.25, -0.2) is 0 Å². The van der Waals surface area contributed by atoms with Crippen molar-refractivity contribution in [3.05, 3.63) is 65.7 Å². The van der Waals surface area contributed by atoms with Gasteiger partial charge in [0.1, 0.15) is 18.9 Å². The first-order chi connectivity index (χ1) is 15.5. The second-order valence-corrected chi connectivity index (χ2v) is 8.24. The van der Waals surface area contributed by atoms with Crippen LogP contribution in [0, 0.1) is 0 Å². The zero-order valence-corrected chi connectivity index (χ0v) is 18.1. The Labute approximate surface area is 188 Å². The van der Waals surface area contributed by atoms with Crippen LogP contribution in [0.25, 0.3) is 0 Å². The van der Waals surface area contributed by atoms with Gasteiger partial charge in [-0.1, -0.05) is 54.2 Å². The summed E-state index contributed by atoms with van der Waals surface area (Å²) in [5, 5.41) is 8.34. The number of aromatic nitrogens is 3. The van der Waals surface area contributed by atoms with Gasteiger partial charge in [0.2, 0.25) is 5.95 Å². The number of anilines is 1. The predicted molar refractivity (Wildman–Crippen MR) is 116 cm³/mol. The summed E-state index contributed by atoms with van der Waals surface area (Å²) in [6.07, 6.45) is -4.37. The third kappa shape index (κ3) is 6.17. The van der Waals surface area contributed by atoms with Gasteiger partial charge < -0.3 is 14.4 Å². The van der Waals surface area contributed by atoms with Crippen LogP contribution in [0.2, 0.25) is 0 Å². The first-order valence-electron chi connectivity index (χ1n) is 10.2. The third-order valence-corrected chi connectivity index (χ3v) is 5.88. The Hall–Kier alpha value is -2.72. The maximum atomic E-state index is 13.2. The molecule has 0 N–H and O–H groups in total. The molecule has 1 aliphatic heterocycles. The molecule has 0 bridgehead atoms. The molecule has 10 heteroatoms. The SMILES string of the molecule is FC(F)(F)Cn1c(SCc2cccc(OCc3ccccc3)c2)nnc1N1CCOCC1. The van der Waals surface area contributed by atoms with Crippen molar-refractivity contribution in [3.8, 4) is 5.75 Å². The molecule has 6 nitrogen and oxygen atoms in total. The monoisotopic (exact) mass is 464 g/mol. The van der Waals surface area contributed by atoms with E-state index in [1.807, 2.05) is 54.6 Å². The highest BCUT2D eigenvalue weighted by Crippen LogP contribution is 2.30. The summed E-state index contributed by atoms with van der Waals surface area (Å²) >= 11 is 1.22. The summed E-state index contributed by atoms with van der Waals surface area (Å²) in [5.74, 6) is 1.38. The van der Waals surface area contributed by atoms with Gasteiger partial charge in [-0.15, -0.1) is 10.2 Å². The lowest BCUT2D eigenvalue weighted by Crippen LogP contribution is -2.38. The summed E-state index contributed by atoms with van der Waals surface area (Å²) in [7, 11) is 0. The molecule has 4 rings (SSSR count). The highest BCUT2D eigenvalue weighted by Gasteiger charge is 2.32. The Morgan fingerprint density at radius 2 is 1.72 bits per heavy atom. The van der Waals surface area contributed by atoms with Crippen LogP contribution in [0.1, 0.15) is 11.1 Å². The van der Waals surface area contributed by atoms with Gasteiger partial charge in [0.25, 0.3) is 0 Å². The third-order valence-electron chi connectivity index (χ3n) is 4.84. The number of nitrogens with zero attached hydrogens (tertiary/aromatic N) is 4. The molecule has 170 valence electrons. The molecule has 1 fully saturated rings. The van der Waals surface area contributed by atoms with Gasteiger partial charge in [-0.2, -0.15) is 13.2 Å². The smallest absolute Gasteiger partial charge is 0.406 e. The predicted octanol–water partition coefficient (Wildman–Crippen LogP) is 4.55. The average molecular weight is 465 g/mol. The molecule has 0 amide bonds. The number of benzene rings is 2. The molecule has 2 heterocycles. The zero-order valence-electron chi connectivity index (χ0n) is 17.3. The minimum Gasteiger partial charge on any atom is -0.489 e. The van der Waals surface area contributed by atoms with E-state index in [0.29, 0.717) is 44.4 Å². The molecule has 0 radical (unpaired) electrons. The largest absolute Gasteiger partial charge is 0.489 e. The molecule has 0 saturated carbocycles. The van der Waals surface area contributed by atoms with E-state index in [2.05, 4.69) is 10.2 Å². The van der Waals surface area contributed by atoms with Crippen molar-refractivity contribution in [2.75, 3.05) is 31.2 Å². The normalized spacial score (nSPS) is 14.5. The summed E-state index contributed by atoms with van der Waals surface area (Å²) in [4.78, 5) is 1.78. The van der Waals surface area contributed by atoms with E-state index in [1.54, 1.807) is 4.90 Å². The zero-order chi connectivity index (χ0) is 22.4. The molecule has 3 aromatic rings. The van der Waals surface area contributed by atoms with Crippen LogP contribution in [0.15, 0.2) is 59.8 Å². The number of hydrogen-bond donors (Lipinski definition) is 0. The van der Waals surface area contributed by atoms with Crippen LogP contribution in [0.4, 0.5) is 19.1 Å². The summed E-state index contributed by atoms with van der Waals surface area (Å²) in [6, 6.07) is 17.4. The molecule has 0 aliphatic carbocycles. The van der Waals surface area contributed by atoms with E-state index in [4.69, 9.17) is 9.47 Å². The topological polar surface area (TPSA) is 52.4 Å². The van der Waals surface area contributed by atoms with Crippen molar-refractivity contribution in [1.82, 2.24) is 14.8 Å². The van der Waals surface area contributed by atoms with Crippen molar-refractivity contribution in [3.63, 3.8) is 0 Å². The van der Waals surface area contributed by atoms with E-state index >= 15 is 0 Å². The van der Waals surface area contributed by atoms with Crippen molar-refractivity contribution < 1.29 is 22.6 Å². The van der Waals surface area contributed by atoms with Gasteiger partial charge in [0.05, 0.1) is 13.2 Å². The lowest BCUT2D eigenvalue weighted by atomic mass is 10.2. The highest BCUT2D eigenvalue weighted by atomic mass is 32.2. The van der Waals surface area contributed by atoms with Crippen LogP contribution in [-0.2, 0) is 23.6 Å². The van der Waals surface area contributed by atoms with Gasteiger partial charge >= 0.3 is 6.18 Å². The second-order valence-electron chi connectivity index (χ2n) is 7.29. The number of alkyl halides is 3. The van der Waals surface area contributed by atoms with Crippen LogP contribution in [0.3, 0.4) is 0 Å². The van der Waals surface area contributed by atoms with Crippen molar-refractivity contribution in [1.29, 1.82) is 0 Å². The molecule has 0 unspecified atom stereocenters. The first-order valence-corrected chi connectivity index (χ1v) is 11.2. The van der Waals surface area contributed by atoms with Gasteiger partial charge in [0.15, 0.2) is 5.16 Å². The number of ether oxygens (including phenoxy) is 2. The average Bonchev–Trinajstić information content (AvgIpc) is 3.18. The fourth-order valence-electron chi connectivity index (χ4n) is 3.32. The molecule has 2 aromatic carbocycles. The standard InChI is InChI=1S/C22H23F3N4O2S/c23-22(24,25)16-29-20(28-9-11-30-12-10-28)26-27-21(29)32-15-18-7-4-8-19(13-18)31-14-17-5-2-1-3-6-17/h1-8,13H,9-12,14-16H2. The molecule has 1 aromatic heterocycles. The number of halogens is 3. The van der Waals surface area contributed by atoms with Crippen molar-refractivity contribution >= 4 is 17.7 Å². The van der Waals surface area contributed by atoms with E-state index in [-0.39, 0.29) is 11.1 Å². The molecule has 1 saturated heterocycles. The molecule has 0 atom stereocenters. The quantitative estimate of drug-likeness (QED) is 0.456. The van der Waals surface area contributed by atoms with Crippen molar-refractivity contribution in [2.24, 2.45) is 0 Å².